The van der Waals surface area contributed by atoms with Gasteiger partial charge in [0.15, 0.2) is 0 Å². The Bertz CT molecular complexity index is 663. The molecule has 1 aromatic carbocycles. The molecule has 2 aromatic rings. The summed E-state index contributed by atoms with van der Waals surface area (Å²) >= 11 is 0. The van der Waals surface area contributed by atoms with Crippen LogP contribution in [0, 0.1) is 0 Å². The highest BCUT2D eigenvalue weighted by molar-refractivity contribution is 6.04. The Morgan fingerprint density at radius 3 is 2.67 bits per heavy atom. The van der Waals surface area contributed by atoms with Gasteiger partial charge in [-0.1, -0.05) is 37.5 Å². The van der Waals surface area contributed by atoms with Gasteiger partial charge in [0, 0.05) is 24.7 Å². The molecule has 4 nitrogen and oxygen atoms in total. The van der Waals surface area contributed by atoms with Gasteiger partial charge in [0.2, 0.25) is 0 Å². The zero-order chi connectivity index (χ0) is 14.8. The fourth-order valence-corrected chi connectivity index (χ4v) is 3.31. The number of carbonyl (C=O) groups is 1. The third-order valence-electron chi connectivity index (χ3n) is 4.45. The Balaban J connectivity index is 2.13. The first-order chi connectivity index (χ1) is 10.2. The number of rotatable bonds is 3. The topological polar surface area (TPSA) is 53.4 Å². The quantitative estimate of drug-likeness (QED) is 0.933. The van der Waals surface area contributed by atoms with Gasteiger partial charge in [-0.2, -0.15) is 0 Å². The number of para-hydroxylation sites is 1. The second kappa shape index (κ2) is 5.72. The van der Waals surface area contributed by atoms with Crippen LogP contribution in [0.1, 0.15) is 42.5 Å². The van der Waals surface area contributed by atoms with Crippen molar-refractivity contribution in [1.29, 1.82) is 0 Å². The van der Waals surface area contributed by atoms with Crippen molar-refractivity contribution in [3.63, 3.8) is 0 Å². The first-order valence-electron chi connectivity index (χ1n) is 7.52. The van der Waals surface area contributed by atoms with E-state index in [-0.39, 0.29) is 0 Å². The van der Waals surface area contributed by atoms with E-state index in [1.54, 1.807) is 0 Å². The van der Waals surface area contributed by atoms with Crippen molar-refractivity contribution >= 4 is 22.6 Å². The lowest BCUT2D eigenvalue weighted by molar-refractivity contribution is 0.0697. The van der Waals surface area contributed by atoms with Crippen LogP contribution >= 0.6 is 0 Å². The number of pyridine rings is 1. The summed E-state index contributed by atoms with van der Waals surface area (Å²) < 4.78 is 0. The maximum Gasteiger partial charge on any atom is 0.339 e. The summed E-state index contributed by atoms with van der Waals surface area (Å²) in [6.07, 6.45) is 7.48. The first kappa shape index (κ1) is 13.9. The van der Waals surface area contributed by atoms with Crippen molar-refractivity contribution in [3.05, 3.63) is 36.0 Å². The van der Waals surface area contributed by atoms with Crippen molar-refractivity contribution in [2.75, 3.05) is 11.9 Å². The molecule has 0 radical (unpaired) electrons. The second-order valence-electron chi connectivity index (χ2n) is 5.75. The SMILES string of the molecule is CN(c1c(C(=O)O)cnc2ccccc12)C1CCCCC1. The van der Waals surface area contributed by atoms with Crippen LogP contribution in [-0.2, 0) is 0 Å². The number of fused-ring (bicyclic) bond motifs is 1. The molecule has 110 valence electrons. The molecule has 0 atom stereocenters. The number of aromatic nitrogens is 1. The van der Waals surface area contributed by atoms with E-state index in [1.807, 2.05) is 31.3 Å². The Hall–Kier alpha value is -2.10. The third kappa shape index (κ3) is 2.58. The lowest BCUT2D eigenvalue weighted by atomic mass is 9.93. The van der Waals surface area contributed by atoms with Gasteiger partial charge in [-0.15, -0.1) is 0 Å². The second-order valence-corrected chi connectivity index (χ2v) is 5.75. The molecule has 0 bridgehead atoms. The molecule has 1 heterocycles. The van der Waals surface area contributed by atoms with Crippen molar-refractivity contribution in [2.45, 2.75) is 38.1 Å². The maximum atomic E-state index is 11.6. The molecule has 3 rings (SSSR count). The predicted molar refractivity (Wildman–Crippen MR) is 84.0 cm³/mol. The largest absolute Gasteiger partial charge is 0.478 e. The Morgan fingerprint density at radius 2 is 1.95 bits per heavy atom. The number of hydrogen-bond acceptors (Lipinski definition) is 3. The van der Waals surface area contributed by atoms with Gasteiger partial charge in [-0.05, 0) is 18.9 Å². The van der Waals surface area contributed by atoms with Gasteiger partial charge < -0.3 is 10.0 Å². The van der Waals surface area contributed by atoms with Gasteiger partial charge in [0.05, 0.1) is 11.2 Å². The standard InChI is InChI=1S/C17H20N2O2/c1-19(12-7-3-2-4-8-12)16-13-9-5-6-10-15(13)18-11-14(16)17(20)21/h5-6,9-12H,2-4,7-8H2,1H3,(H,20,21). The van der Waals surface area contributed by atoms with E-state index in [0.29, 0.717) is 11.6 Å². The predicted octanol–water partition coefficient (Wildman–Crippen LogP) is 3.70. The molecule has 21 heavy (non-hydrogen) atoms. The molecule has 1 aromatic heterocycles. The maximum absolute atomic E-state index is 11.6. The number of nitrogens with zero attached hydrogens (tertiary/aromatic N) is 2. The van der Waals surface area contributed by atoms with Crippen LogP contribution in [0.2, 0.25) is 0 Å². The van der Waals surface area contributed by atoms with Gasteiger partial charge in [0.1, 0.15) is 5.56 Å². The molecule has 0 saturated heterocycles. The molecular weight excluding hydrogens is 264 g/mol. The molecule has 0 amide bonds. The molecule has 4 heteroatoms. The lowest BCUT2D eigenvalue weighted by Crippen LogP contribution is -2.34. The van der Waals surface area contributed by atoms with Crippen molar-refractivity contribution in [1.82, 2.24) is 4.98 Å². The molecule has 1 aliphatic carbocycles. The van der Waals surface area contributed by atoms with Crippen LogP contribution in [0.3, 0.4) is 0 Å². The van der Waals surface area contributed by atoms with E-state index in [2.05, 4.69) is 9.88 Å². The van der Waals surface area contributed by atoms with E-state index in [1.165, 1.54) is 25.5 Å². The zero-order valence-corrected chi connectivity index (χ0v) is 12.2. The summed E-state index contributed by atoms with van der Waals surface area (Å²) in [6, 6.07) is 8.18. The van der Waals surface area contributed by atoms with Gasteiger partial charge >= 0.3 is 5.97 Å². The Morgan fingerprint density at radius 1 is 1.24 bits per heavy atom. The molecule has 1 N–H and O–H groups in total. The average molecular weight is 284 g/mol. The van der Waals surface area contributed by atoms with Gasteiger partial charge in [-0.3, -0.25) is 4.98 Å². The third-order valence-corrected chi connectivity index (χ3v) is 4.45. The molecule has 0 unspecified atom stereocenters. The van der Waals surface area contributed by atoms with E-state index < -0.39 is 5.97 Å². The van der Waals surface area contributed by atoms with E-state index in [0.717, 1.165) is 29.4 Å². The highest BCUT2D eigenvalue weighted by atomic mass is 16.4. The smallest absolute Gasteiger partial charge is 0.339 e. The Labute approximate surface area is 124 Å². The summed E-state index contributed by atoms with van der Waals surface area (Å²) in [5, 5.41) is 10.4. The number of anilines is 1. The number of hydrogen-bond donors (Lipinski definition) is 1. The van der Waals surface area contributed by atoms with E-state index in [4.69, 9.17) is 0 Å². The van der Waals surface area contributed by atoms with Gasteiger partial charge in [-0.25, -0.2) is 4.79 Å². The van der Waals surface area contributed by atoms with Crippen molar-refractivity contribution in [2.24, 2.45) is 0 Å². The number of carboxylic acids is 1. The van der Waals surface area contributed by atoms with Crippen LogP contribution in [-0.4, -0.2) is 29.1 Å². The highest BCUT2D eigenvalue weighted by Gasteiger charge is 2.24. The minimum Gasteiger partial charge on any atom is -0.478 e. The summed E-state index contributed by atoms with van der Waals surface area (Å²) in [5.41, 5.74) is 1.95. The van der Waals surface area contributed by atoms with Crippen LogP contribution in [0.4, 0.5) is 5.69 Å². The van der Waals surface area contributed by atoms with E-state index in [9.17, 15) is 9.90 Å². The molecule has 0 spiro atoms. The molecule has 1 fully saturated rings. The summed E-state index contributed by atoms with van der Waals surface area (Å²) in [6.45, 7) is 0. The highest BCUT2D eigenvalue weighted by Crippen LogP contribution is 2.33. The molecular formula is C17H20N2O2. The van der Waals surface area contributed by atoms with Crippen LogP contribution in [0.25, 0.3) is 10.9 Å². The van der Waals surface area contributed by atoms with Crippen LogP contribution in [0.5, 0.6) is 0 Å². The molecule has 1 aliphatic rings. The average Bonchev–Trinajstić information content (AvgIpc) is 2.53. The minimum atomic E-state index is -0.911. The monoisotopic (exact) mass is 284 g/mol. The van der Waals surface area contributed by atoms with Crippen LogP contribution in [0.15, 0.2) is 30.5 Å². The Kier molecular flexibility index (Phi) is 3.78. The lowest BCUT2D eigenvalue weighted by Gasteiger charge is -2.34. The fourth-order valence-electron chi connectivity index (χ4n) is 3.31. The van der Waals surface area contributed by atoms with Crippen LogP contribution < -0.4 is 4.90 Å². The number of aromatic carboxylic acids is 1. The summed E-state index contributed by atoms with van der Waals surface area (Å²) in [7, 11) is 2.02. The van der Waals surface area contributed by atoms with Gasteiger partial charge in [0.25, 0.3) is 0 Å². The summed E-state index contributed by atoms with van der Waals surface area (Å²) in [4.78, 5) is 18.0. The summed E-state index contributed by atoms with van der Waals surface area (Å²) in [5.74, 6) is -0.911. The molecule has 1 saturated carbocycles. The number of benzene rings is 1. The molecule has 0 aliphatic heterocycles. The number of carboxylic acid groups (broad SMARTS) is 1. The minimum absolute atomic E-state index is 0.293. The van der Waals surface area contributed by atoms with E-state index >= 15 is 0 Å². The fraction of sp³-hybridized carbons (Fsp3) is 0.412. The zero-order valence-electron chi connectivity index (χ0n) is 12.2. The normalized spacial score (nSPS) is 16.0. The van der Waals surface area contributed by atoms with Crippen molar-refractivity contribution in [3.8, 4) is 0 Å². The van der Waals surface area contributed by atoms with Crippen molar-refractivity contribution < 1.29 is 9.90 Å². The first-order valence-corrected chi connectivity index (χ1v) is 7.52.